The average molecular weight is 344 g/mol. The van der Waals surface area contributed by atoms with Crippen LogP contribution in [0.2, 0.25) is 0 Å². The lowest BCUT2D eigenvalue weighted by Crippen LogP contribution is -2.12. The van der Waals surface area contributed by atoms with Gasteiger partial charge in [0.25, 0.3) is 0 Å². The largest absolute Gasteiger partial charge is 0.418 e. The molecule has 0 aliphatic rings. The molecule has 0 radical (unpaired) electrons. The molecule has 7 heteroatoms. The number of hydrogen-bond donors (Lipinski definition) is 1. The number of rotatable bonds is 5. The first kappa shape index (κ1) is 15.5. The molecule has 102 valence electrons. The maximum Gasteiger partial charge on any atom is 0.418 e. The summed E-state index contributed by atoms with van der Waals surface area (Å²) >= 11 is 3.02. The van der Waals surface area contributed by atoms with Gasteiger partial charge >= 0.3 is 6.18 Å². The molecule has 18 heavy (non-hydrogen) atoms. The molecule has 0 amide bonds. The van der Waals surface area contributed by atoms with E-state index in [1.165, 1.54) is 6.07 Å². The molecule has 0 aromatic heterocycles. The Morgan fingerprint density at radius 1 is 1.39 bits per heavy atom. The summed E-state index contributed by atoms with van der Waals surface area (Å²) in [6.45, 7) is 0.365. The molecule has 1 atom stereocenters. The van der Waals surface area contributed by atoms with Crippen molar-refractivity contribution in [1.82, 2.24) is 0 Å². The van der Waals surface area contributed by atoms with Gasteiger partial charge in [-0.2, -0.15) is 13.2 Å². The van der Waals surface area contributed by atoms with Crippen molar-refractivity contribution < 1.29 is 17.4 Å². The van der Waals surface area contributed by atoms with Gasteiger partial charge in [-0.1, -0.05) is 15.9 Å². The third-order valence-electron chi connectivity index (χ3n) is 2.21. The summed E-state index contributed by atoms with van der Waals surface area (Å²) in [5, 5.41) is 2.73. The molecule has 1 N–H and O–H groups in total. The second-order valence-corrected chi connectivity index (χ2v) is 6.22. The van der Waals surface area contributed by atoms with E-state index in [2.05, 4.69) is 21.2 Å². The number of anilines is 1. The molecule has 0 saturated carbocycles. The molecular formula is C11H13BrF3NOS. The van der Waals surface area contributed by atoms with Gasteiger partial charge in [0, 0.05) is 39.5 Å². The van der Waals surface area contributed by atoms with Crippen molar-refractivity contribution in [2.24, 2.45) is 0 Å². The predicted molar refractivity (Wildman–Crippen MR) is 71.2 cm³/mol. The molecule has 1 rings (SSSR count). The van der Waals surface area contributed by atoms with Crippen LogP contribution in [0.15, 0.2) is 22.7 Å². The fourth-order valence-electron chi connectivity index (χ4n) is 1.40. The summed E-state index contributed by atoms with van der Waals surface area (Å²) in [6, 6.07) is 3.98. The van der Waals surface area contributed by atoms with E-state index < -0.39 is 22.5 Å². The standard InChI is InChI=1S/C11H13BrF3NOS/c1-18(17)6-2-5-16-10-4-3-8(12)7-9(10)11(13,14)15/h3-4,7,16H,2,5-6H2,1H3. The van der Waals surface area contributed by atoms with Crippen LogP contribution in [0.5, 0.6) is 0 Å². The van der Waals surface area contributed by atoms with Gasteiger partial charge in [0.15, 0.2) is 0 Å². The molecule has 1 aromatic rings. The molecule has 0 saturated heterocycles. The van der Waals surface area contributed by atoms with Crippen LogP contribution in [-0.2, 0) is 17.0 Å². The van der Waals surface area contributed by atoms with Gasteiger partial charge in [0.2, 0.25) is 0 Å². The lowest BCUT2D eigenvalue weighted by atomic mass is 10.1. The minimum Gasteiger partial charge on any atom is -0.385 e. The number of hydrogen-bond acceptors (Lipinski definition) is 2. The van der Waals surface area contributed by atoms with E-state index in [1.807, 2.05) is 0 Å². The summed E-state index contributed by atoms with van der Waals surface area (Å²) in [5.74, 6) is 0.477. The van der Waals surface area contributed by atoms with E-state index in [4.69, 9.17) is 0 Å². The number of alkyl halides is 3. The van der Waals surface area contributed by atoms with Crippen molar-refractivity contribution in [3.8, 4) is 0 Å². The Balaban J connectivity index is 2.73. The zero-order valence-electron chi connectivity index (χ0n) is 9.68. The fraction of sp³-hybridized carbons (Fsp3) is 0.455. The van der Waals surface area contributed by atoms with E-state index in [1.54, 1.807) is 12.3 Å². The zero-order chi connectivity index (χ0) is 13.8. The highest BCUT2D eigenvalue weighted by atomic mass is 79.9. The van der Waals surface area contributed by atoms with Crippen molar-refractivity contribution in [2.45, 2.75) is 12.6 Å². The molecule has 0 bridgehead atoms. The summed E-state index contributed by atoms with van der Waals surface area (Å²) in [6.07, 6.45) is -2.25. The third-order valence-corrected chi connectivity index (χ3v) is 3.57. The topological polar surface area (TPSA) is 29.1 Å². The maximum absolute atomic E-state index is 12.8. The normalized spacial score (nSPS) is 13.4. The van der Waals surface area contributed by atoms with Crippen LogP contribution in [-0.4, -0.2) is 22.8 Å². The van der Waals surface area contributed by atoms with E-state index >= 15 is 0 Å². The molecule has 2 nitrogen and oxygen atoms in total. The van der Waals surface area contributed by atoms with Crippen LogP contribution in [0.1, 0.15) is 12.0 Å². The first-order valence-corrected chi connectivity index (χ1v) is 7.73. The molecule has 0 spiro atoms. The smallest absolute Gasteiger partial charge is 0.385 e. The number of nitrogens with one attached hydrogen (secondary N) is 1. The van der Waals surface area contributed by atoms with Gasteiger partial charge < -0.3 is 5.32 Å². The molecule has 1 aromatic carbocycles. The maximum atomic E-state index is 12.8. The van der Waals surface area contributed by atoms with E-state index in [0.717, 1.165) is 6.07 Å². The van der Waals surface area contributed by atoms with Gasteiger partial charge in [0.05, 0.1) is 5.56 Å². The zero-order valence-corrected chi connectivity index (χ0v) is 12.1. The molecule has 0 heterocycles. The van der Waals surface area contributed by atoms with Crippen molar-refractivity contribution in [1.29, 1.82) is 0 Å². The SMILES string of the molecule is CS(=O)CCCNc1ccc(Br)cc1C(F)(F)F. The van der Waals surface area contributed by atoms with Crippen molar-refractivity contribution in [3.63, 3.8) is 0 Å². The lowest BCUT2D eigenvalue weighted by Gasteiger charge is -2.14. The monoisotopic (exact) mass is 343 g/mol. The van der Waals surface area contributed by atoms with Gasteiger partial charge in [0.1, 0.15) is 0 Å². The van der Waals surface area contributed by atoms with Crippen LogP contribution < -0.4 is 5.32 Å². The predicted octanol–water partition coefficient (Wildman–Crippen LogP) is 3.65. The molecule has 0 aliphatic carbocycles. The van der Waals surface area contributed by atoms with Gasteiger partial charge in [-0.15, -0.1) is 0 Å². The summed E-state index contributed by atoms with van der Waals surface area (Å²) in [7, 11) is -0.919. The van der Waals surface area contributed by atoms with Gasteiger partial charge in [-0.05, 0) is 24.6 Å². The van der Waals surface area contributed by atoms with Crippen LogP contribution in [0, 0.1) is 0 Å². The minimum atomic E-state index is -4.39. The Hall–Kier alpha value is -0.560. The number of benzene rings is 1. The lowest BCUT2D eigenvalue weighted by molar-refractivity contribution is -0.137. The highest BCUT2D eigenvalue weighted by Crippen LogP contribution is 2.36. The molecule has 0 aliphatic heterocycles. The first-order chi connectivity index (χ1) is 8.30. The summed E-state index contributed by atoms with van der Waals surface area (Å²) < 4.78 is 49.5. The quantitative estimate of drug-likeness (QED) is 0.827. The summed E-state index contributed by atoms with van der Waals surface area (Å²) in [5.41, 5.74) is -0.651. The highest BCUT2D eigenvalue weighted by molar-refractivity contribution is 9.10. The third kappa shape index (κ3) is 4.97. The Bertz CT molecular complexity index is 437. The van der Waals surface area contributed by atoms with E-state index in [-0.39, 0.29) is 5.69 Å². The van der Waals surface area contributed by atoms with Crippen molar-refractivity contribution in [3.05, 3.63) is 28.2 Å². The van der Waals surface area contributed by atoms with Crippen LogP contribution in [0.25, 0.3) is 0 Å². The van der Waals surface area contributed by atoms with Crippen molar-refractivity contribution in [2.75, 3.05) is 23.9 Å². The van der Waals surface area contributed by atoms with Crippen LogP contribution >= 0.6 is 15.9 Å². The van der Waals surface area contributed by atoms with Gasteiger partial charge in [-0.25, -0.2) is 0 Å². The Kier molecular flexibility index (Phi) is 5.65. The van der Waals surface area contributed by atoms with Crippen LogP contribution in [0.3, 0.4) is 0 Å². The first-order valence-electron chi connectivity index (χ1n) is 5.21. The second-order valence-electron chi connectivity index (χ2n) is 3.75. The van der Waals surface area contributed by atoms with Crippen molar-refractivity contribution >= 4 is 32.4 Å². The minimum absolute atomic E-state index is 0.0487. The Morgan fingerprint density at radius 3 is 2.61 bits per heavy atom. The van der Waals surface area contributed by atoms with Gasteiger partial charge in [-0.3, -0.25) is 4.21 Å². The molecular weight excluding hydrogens is 331 g/mol. The highest BCUT2D eigenvalue weighted by Gasteiger charge is 2.33. The van der Waals surface area contributed by atoms with Crippen LogP contribution in [0.4, 0.5) is 18.9 Å². The average Bonchev–Trinajstić information content (AvgIpc) is 2.24. The Labute approximate surface area is 115 Å². The fourth-order valence-corrected chi connectivity index (χ4v) is 2.32. The van der Waals surface area contributed by atoms with E-state index in [9.17, 15) is 17.4 Å². The second kappa shape index (κ2) is 6.56. The Morgan fingerprint density at radius 2 is 2.06 bits per heavy atom. The molecule has 1 unspecified atom stereocenters. The summed E-state index contributed by atoms with van der Waals surface area (Å²) in [4.78, 5) is 0. The number of halogens is 4. The van der Waals surface area contributed by atoms with E-state index in [0.29, 0.717) is 23.2 Å². The molecule has 0 fully saturated rings.